The number of rotatable bonds is 4. The Morgan fingerprint density at radius 2 is 1.56 bits per heavy atom. The number of hydrogen-bond donors (Lipinski definition) is 1. The van der Waals surface area contributed by atoms with E-state index in [1.165, 1.54) is 0 Å². The molecule has 2 aliphatic rings. The van der Waals surface area contributed by atoms with Crippen LogP contribution in [0, 0.1) is 0 Å². The van der Waals surface area contributed by atoms with Crippen LogP contribution in [0.2, 0.25) is 0 Å². The van der Waals surface area contributed by atoms with Gasteiger partial charge in [0.2, 0.25) is 5.91 Å². The highest BCUT2D eigenvalue weighted by atomic mass is 16.5. The fourth-order valence-corrected chi connectivity index (χ4v) is 3.49. The van der Waals surface area contributed by atoms with Gasteiger partial charge in [-0.2, -0.15) is 0 Å². The number of morpholine rings is 1. The van der Waals surface area contributed by atoms with E-state index in [1.807, 2.05) is 48.5 Å². The lowest BCUT2D eigenvalue weighted by Crippen LogP contribution is -2.36. The molecular weight excluding hydrogens is 342 g/mol. The van der Waals surface area contributed by atoms with E-state index in [9.17, 15) is 9.59 Å². The predicted molar refractivity (Wildman–Crippen MR) is 105 cm³/mol. The maximum atomic E-state index is 12.5. The molecule has 2 heterocycles. The number of carbonyl (C=O) groups excluding carboxylic acids is 2. The summed E-state index contributed by atoms with van der Waals surface area (Å²) in [6.45, 7) is 3.98. The van der Waals surface area contributed by atoms with E-state index < -0.39 is 0 Å². The van der Waals surface area contributed by atoms with Crippen molar-refractivity contribution >= 4 is 28.9 Å². The molecule has 0 unspecified atom stereocenters. The van der Waals surface area contributed by atoms with Gasteiger partial charge in [0.1, 0.15) is 0 Å². The highest BCUT2D eigenvalue weighted by Crippen LogP contribution is 2.23. The minimum Gasteiger partial charge on any atom is -0.378 e. The number of nitrogens with one attached hydrogen (secondary N) is 1. The molecule has 2 aromatic rings. The van der Waals surface area contributed by atoms with Crippen molar-refractivity contribution in [3.63, 3.8) is 0 Å². The number of hydrogen-bond acceptors (Lipinski definition) is 4. The number of anilines is 3. The second-order valence-corrected chi connectivity index (χ2v) is 6.80. The Balaban J connectivity index is 1.39. The van der Waals surface area contributed by atoms with E-state index >= 15 is 0 Å². The first-order valence-electron chi connectivity index (χ1n) is 9.35. The highest BCUT2D eigenvalue weighted by Gasteiger charge is 2.21. The van der Waals surface area contributed by atoms with Gasteiger partial charge in [0.15, 0.2) is 0 Å². The third kappa shape index (κ3) is 3.95. The molecule has 0 aromatic heterocycles. The second-order valence-electron chi connectivity index (χ2n) is 6.80. The van der Waals surface area contributed by atoms with E-state index in [1.54, 1.807) is 4.90 Å². The summed E-state index contributed by atoms with van der Waals surface area (Å²) < 4.78 is 5.37. The third-order valence-electron chi connectivity index (χ3n) is 5.02. The Morgan fingerprint density at radius 1 is 0.889 bits per heavy atom. The topological polar surface area (TPSA) is 61.9 Å². The van der Waals surface area contributed by atoms with E-state index in [0.717, 1.165) is 50.6 Å². The van der Waals surface area contributed by atoms with Gasteiger partial charge in [0.05, 0.1) is 13.2 Å². The summed E-state index contributed by atoms with van der Waals surface area (Å²) in [5.41, 5.74) is 3.32. The summed E-state index contributed by atoms with van der Waals surface area (Å²) in [6.07, 6.45) is 1.51. The third-order valence-corrected chi connectivity index (χ3v) is 5.02. The zero-order valence-electron chi connectivity index (χ0n) is 15.2. The second kappa shape index (κ2) is 7.80. The van der Waals surface area contributed by atoms with Crippen molar-refractivity contribution in [2.45, 2.75) is 12.8 Å². The molecular formula is C21H23N3O3. The quantitative estimate of drug-likeness (QED) is 0.905. The first kappa shape index (κ1) is 17.5. The van der Waals surface area contributed by atoms with Crippen LogP contribution in [0.5, 0.6) is 0 Å². The van der Waals surface area contributed by atoms with Crippen LogP contribution in [-0.2, 0) is 9.53 Å². The Morgan fingerprint density at radius 3 is 2.19 bits per heavy atom. The minimum absolute atomic E-state index is 0.145. The average Bonchev–Trinajstić information content (AvgIpc) is 3.15. The summed E-state index contributed by atoms with van der Waals surface area (Å²) in [4.78, 5) is 28.3. The van der Waals surface area contributed by atoms with Crippen molar-refractivity contribution in [3.8, 4) is 0 Å². The monoisotopic (exact) mass is 365 g/mol. The van der Waals surface area contributed by atoms with E-state index in [4.69, 9.17) is 4.74 Å². The Hall–Kier alpha value is -2.86. The molecule has 27 heavy (non-hydrogen) atoms. The van der Waals surface area contributed by atoms with E-state index in [2.05, 4.69) is 10.2 Å². The van der Waals surface area contributed by atoms with Gasteiger partial charge >= 0.3 is 0 Å². The molecule has 6 heteroatoms. The largest absolute Gasteiger partial charge is 0.378 e. The van der Waals surface area contributed by atoms with Crippen LogP contribution >= 0.6 is 0 Å². The standard InChI is InChI=1S/C21H23N3O3/c25-20-2-1-11-24(20)19-9-5-17(6-10-19)22-21(26)16-3-7-18(8-4-16)23-12-14-27-15-13-23/h3-10H,1-2,11-15H2,(H,22,26). The van der Waals surface area contributed by atoms with Crippen molar-refractivity contribution in [1.29, 1.82) is 0 Å². The summed E-state index contributed by atoms with van der Waals surface area (Å²) in [7, 11) is 0. The van der Waals surface area contributed by atoms with Crippen LogP contribution < -0.4 is 15.1 Å². The molecule has 0 bridgehead atoms. The normalized spacial score (nSPS) is 17.3. The van der Waals surface area contributed by atoms with Gasteiger partial charge in [-0.25, -0.2) is 0 Å². The zero-order chi connectivity index (χ0) is 18.6. The lowest BCUT2D eigenvalue weighted by molar-refractivity contribution is -0.117. The fraction of sp³-hybridized carbons (Fsp3) is 0.333. The number of carbonyl (C=O) groups is 2. The number of benzene rings is 2. The average molecular weight is 365 g/mol. The highest BCUT2D eigenvalue weighted by molar-refractivity contribution is 6.04. The van der Waals surface area contributed by atoms with Crippen LogP contribution in [0.15, 0.2) is 48.5 Å². The van der Waals surface area contributed by atoms with Crippen LogP contribution in [-0.4, -0.2) is 44.7 Å². The van der Waals surface area contributed by atoms with Gasteiger partial charge in [-0.3, -0.25) is 9.59 Å². The molecule has 0 spiro atoms. The maximum absolute atomic E-state index is 12.5. The van der Waals surface area contributed by atoms with Gasteiger partial charge in [0.25, 0.3) is 5.91 Å². The molecule has 1 N–H and O–H groups in total. The molecule has 2 fully saturated rings. The Kier molecular flexibility index (Phi) is 5.07. The Labute approximate surface area is 158 Å². The Bertz CT molecular complexity index is 812. The van der Waals surface area contributed by atoms with Gasteiger partial charge in [-0.15, -0.1) is 0 Å². The summed E-state index contributed by atoms with van der Waals surface area (Å²) in [5, 5.41) is 2.91. The molecule has 0 radical (unpaired) electrons. The van der Waals surface area contributed by atoms with E-state index in [-0.39, 0.29) is 11.8 Å². The number of amides is 2. The van der Waals surface area contributed by atoms with Crippen LogP contribution in [0.4, 0.5) is 17.1 Å². The molecule has 0 atom stereocenters. The smallest absolute Gasteiger partial charge is 0.255 e. The number of nitrogens with zero attached hydrogens (tertiary/aromatic N) is 2. The maximum Gasteiger partial charge on any atom is 0.255 e. The SMILES string of the molecule is O=C(Nc1ccc(N2CCCC2=O)cc1)c1ccc(N2CCOCC2)cc1. The van der Waals surface area contributed by atoms with Crippen molar-refractivity contribution in [1.82, 2.24) is 0 Å². The molecule has 2 aromatic carbocycles. The molecule has 6 nitrogen and oxygen atoms in total. The van der Waals surface area contributed by atoms with Crippen molar-refractivity contribution in [2.24, 2.45) is 0 Å². The van der Waals surface area contributed by atoms with Gasteiger partial charge in [-0.1, -0.05) is 0 Å². The summed E-state index contributed by atoms with van der Waals surface area (Å²) in [5.74, 6) is 0.0145. The first-order chi connectivity index (χ1) is 13.2. The van der Waals surface area contributed by atoms with Gasteiger partial charge in [0, 0.05) is 48.7 Å². The van der Waals surface area contributed by atoms with Crippen molar-refractivity contribution in [2.75, 3.05) is 48.0 Å². The molecule has 4 rings (SSSR count). The molecule has 140 valence electrons. The van der Waals surface area contributed by atoms with Crippen LogP contribution in [0.3, 0.4) is 0 Å². The molecule has 0 saturated carbocycles. The molecule has 2 saturated heterocycles. The lowest BCUT2D eigenvalue weighted by Gasteiger charge is -2.28. The fourth-order valence-electron chi connectivity index (χ4n) is 3.49. The predicted octanol–water partition coefficient (Wildman–Crippen LogP) is 2.90. The molecule has 2 aliphatic heterocycles. The summed E-state index contributed by atoms with van der Waals surface area (Å²) in [6, 6.07) is 15.1. The number of ether oxygens (including phenoxy) is 1. The lowest BCUT2D eigenvalue weighted by atomic mass is 10.1. The zero-order valence-corrected chi connectivity index (χ0v) is 15.2. The minimum atomic E-state index is -0.145. The van der Waals surface area contributed by atoms with Gasteiger partial charge in [-0.05, 0) is 55.0 Å². The van der Waals surface area contributed by atoms with Crippen molar-refractivity contribution in [3.05, 3.63) is 54.1 Å². The molecule has 2 amide bonds. The summed E-state index contributed by atoms with van der Waals surface area (Å²) >= 11 is 0. The van der Waals surface area contributed by atoms with Gasteiger partial charge < -0.3 is 19.9 Å². The molecule has 0 aliphatic carbocycles. The van der Waals surface area contributed by atoms with Crippen molar-refractivity contribution < 1.29 is 14.3 Å². The van der Waals surface area contributed by atoms with Crippen LogP contribution in [0.25, 0.3) is 0 Å². The first-order valence-corrected chi connectivity index (χ1v) is 9.35. The van der Waals surface area contributed by atoms with Crippen LogP contribution in [0.1, 0.15) is 23.2 Å². The van der Waals surface area contributed by atoms with E-state index in [0.29, 0.717) is 17.7 Å².